The van der Waals surface area contributed by atoms with Crippen LogP contribution in [-0.4, -0.2) is 24.5 Å². The lowest BCUT2D eigenvalue weighted by atomic mass is 10.1. The van der Waals surface area contributed by atoms with E-state index in [1.807, 2.05) is 18.2 Å². The molecular formula is C13H19Cl3N2. The molecule has 1 aliphatic carbocycles. The zero-order chi connectivity index (χ0) is 12.4. The standard InChI is InChI=1S/C13H18Cl2N2.ClH/c1-17(13(7-16)9-2-3-9)8-10-6-11(14)4-5-12(10)15;/h4-6,9,13H,2-3,7-8,16H2,1H3;1H. The predicted octanol–water partition coefficient (Wildman–Crippen LogP) is 3.58. The third-order valence-electron chi connectivity index (χ3n) is 3.40. The van der Waals surface area contributed by atoms with Gasteiger partial charge >= 0.3 is 0 Å². The molecule has 1 saturated carbocycles. The Morgan fingerprint density at radius 1 is 1.39 bits per heavy atom. The molecule has 1 aliphatic rings. The fourth-order valence-corrected chi connectivity index (χ4v) is 2.64. The van der Waals surface area contributed by atoms with Crippen molar-refractivity contribution < 1.29 is 0 Å². The zero-order valence-electron chi connectivity index (χ0n) is 10.4. The second-order valence-electron chi connectivity index (χ2n) is 4.79. The number of likely N-dealkylation sites (N-methyl/N-ethyl adjacent to an activating group) is 1. The molecule has 0 radical (unpaired) electrons. The number of nitrogens with zero attached hydrogens (tertiary/aromatic N) is 1. The number of nitrogens with two attached hydrogens (primary N) is 1. The normalized spacial score (nSPS) is 16.5. The first-order valence-electron chi connectivity index (χ1n) is 5.96. The predicted molar refractivity (Wildman–Crippen MR) is 80.7 cm³/mol. The van der Waals surface area contributed by atoms with Gasteiger partial charge in [-0.05, 0) is 49.6 Å². The van der Waals surface area contributed by atoms with Gasteiger partial charge in [-0.25, -0.2) is 0 Å². The summed E-state index contributed by atoms with van der Waals surface area (Å²) < 4.78 is 0. The van der Waals surface area contributed by atoms with Crippen molar-refractivity contribution >= 4 is 35.6 Å². The molecule has 0 bridgehead atoms. The van der Waals surface area contributed by atoms with Gasteiger partial charge in [-0.2, -0.15) is 0 Å². The minimum Gasteiger partial charge on any atom is -0.329 e. The number of halogens is 3. The van der Waals surface area contributed by atoms with Crippen LogP contribution in [0, 0.1) is 5.92 Å². The zero-order valence-corrected chi connectivity index (χ0v) is 12.7. The summed E-state index contributed by atoms with van der Waals surface area (Å²) in [4.78, 5) is 2.29. The van der Waals surface area contributed by atoms with Crippen LogP contribution in [0.25, 0.3) is 0 Å². The highest BCUT2D eigenvalue weighted by atomic mass is 35.5. The van der Waals surface area contributed by atoms with Crippen LogP contribution in [0.3, 0.4) is 0 Å². The van der Waals surface area contributed by atoms with Gasteiger partial charge < -0.3 is 5.73 Å². The van der Waals surface area contributed by atoms with Gasteiger partial charge in [-0.15, -0.1) is 12.4 Å². The molecule has 0 aromatic heterocycles. The van der Waals surface area contributed by atoms with E-state index in [4.69, 9.17) is 28.9 Å². The van der Waals surface area contributed by atoms with E-state index in [1.54, 1.807) is 0 Å². The maximum Gasteiger partial charge on any atom is 0.0452 e. The lowest BCUT2D eigenvalue weighted by Gasteiger charge is -2.27. The van der Waals surface area contributed by atoms with E-state index < -0.39 is 0 Å². The van der Waals surface area contributed by atoms with Crippen molar-refractivity contribution in [3.05, 3.63) is 33.8 Å². The average Bonchev–Trinajstić information content (AvgIpc) is 3.09. The molecule has 2 N–H and O–H groups in total. The van der Waals surface area contributed by atoms with Gasteiger partial charge in [-0.3, -0.25) is 4.90 Å². The van der Waals surface area contributed by atoms with Crippen molar-refractivity contribution in [3.8, 4) is 0 Å². The number of hydrogen-bond acceptors (Lipinski definition) is 2. The topological polar surface area (TPSA) is 29.3 Å². The minimum absolute atomic E-state index is 0. The first kappa shape index (κ1) is 16.1. The highest BCUT2D eigenvalue weighted by Crippen LogP contribution is 2.35. The van der Waals surface area contributed by atoms with E-state index in [1.165, 1.54) is 12.8 Å². The van der Waals surface area contributed by atoms with E-state index in [-0.39, 0.29) is 12.4 Å². The smallest absolute Gasteiger partial charge is 0.0452 e. The molecule has 0 aliphatic heterocycles. The van der Waals surface area contributed by atoms with E-state index in [0.29, 0.717) is 12.6 Å². The molecular weight excluding hydrogens is 291 g/mol. The van der Waals surface area contributed by atoms with Crippen LogP contribution in [0.15, 0.2) is 18.2 Å². The average molecular weight is 310 g/mol. The Labute approximate surface area is 125 Å². The SMILES string of the molecule is CN(Cc1cc(Cl)ccc1Cl)C(CN)C1CC1.Cl. The van der Waals surface area contributed by atoms with Crippen LogP contribution >= 0.6 is 35.6 Å². The Morgan fingerprint density at radius 3 is 2.61 bits per heavy atom. The minimum atomic E-state index is 0. The van der Waals surface area contributed by atoms with Crippen LogP contribution < -0.4 is 5.73 Å². The maximum absolute atomic E-state index is 6.17. The molecule has 0 amide bonds. The summed E-state index contributed by atoms with van der Waals surface area (Å²) in [5.41, 5.74) is 6.91. The highest BCUT2D eigenvalue weighted by molar-refractivity contribution is 6.33. The van der Waals surface area contributed by atoms with Gasteiger partial charge in [-0.1, -0.05) is 23.2 Å². The molecule has 18 heavy (non-hydrogen) atoms. The van der Waals surface area contributed by atoms with Crippen molar-refractivity contribution in [2.24, 2.45) is 11.7 Å². The summed E-state index contributed by atoms with van der Waals surface area (Å²) in [6, 6.07) is 6.06. The van der Waals surface area contributed by atoms with Gasteiger partial charge in [0.25, 0.3) is 0 Å². The summed E-state index contributed by atoms with van der Waals surface area (Å²) in [5.74, 6) is 0.767. The molecule has 5 heteroatoms. The quantitative estimate of drug-likeness (QED) is 0.900. The Hall–Kier alpha value is 0.01000. The van der Waals surface area contributed by atoms with Crippen molar-refractivity contribution in [2.45, 2.75) is 25.4 Å². The molecule has 0 heterocycles. The van der Waals surface area contributed by atoms with E-state index in [9.17, 15) is 0 Å². The molecule has 1 aromatic carbocycles. The van der Waals surface area contributed by atoms with Crippen LogP contribution in [0.4, 0.5) is 0 Å². The van der Waals surface area contributed by atoms with Gasteiger partial charge in [0.05, 0.1) is 0 Å². The third-order valence-corrected chi connectivity index (χ3v) is 4.01. The molecule has 102 valence electrons. The molecule has 1 fully saturated rings. The first-order chi connectivity index (χ1) is 8.11. The second-order valence-corrected chi connectivity index (χ2v) is 5.63. The van der Waals surface area contributed by atoms with Crippen LogP contribution in [0.2, 0.25) is 10.0 Å². The maximum atomic E-state index is 6.17. The summed E-state index contributed by atoms with van der Waals surface area (Å²) in [7, 11) is 2.10. The van der Waals surface area contributed by atoms with Crippen molar-refractivity contribution in [2.75, 3.05) is 13.6 Å². The van der Waals surface area contributed by atoms with Crippen LogP contribution in [0.1, 0.15) is 18.4 Å². The summed E-state index contributed by atoms with van der Waals surface area (Å²) in [5, 5.41) is 1.50. The Kier molecular flexibility index (Phi) is 6.22. The fourth-order valence-electron chi connectivity index (χ4n) is 2.26. The Balaban J connectivity index is 0.00000162. The fraction of sp³-hybridized carbons (Fsp3) is 0.538. The monoisotopic (exact) mass is 308 g/mol. The van der Waals surface area contributed by atoms with Crippen molar-refractivity contribution in [1.82, 2.24) is 4.90 Å². The number of rotatable bonds is 5. The first-order valence-corrected chi connectivity index (χ1v) is 6.71. The third kappa shape index (κ3) is 4.01. The van der Waals surface area contributed by atoms with E-state index in [0.717, 1.165) is 28.1 Å². The largest absolute Gasteiger partial charge is 0.329 e. The summed E-state index contributed by atoms with van der Waals surface area (Å²) in [6.07, 6.45) is 2.60. The van der Waals surface area contributed by atoms with Gasteiger partial charge in [0, 0.05) is 29.2 Å². The summed E-state index contributed by atoms with van der Waals surface area (Å²) >= 11 is 12.2. The van der Waals surface area contributed by atoms with Crippen molar-refractivity contribution in [3.63, 3.8) is 0 Å². The van der Waals surface area contributed by atoms with E-state index >= 15 is 0 Å². The Morgan fingerprint density at radius 2 is 2.06 bits per heavy atom. The molecule has 1 unspecified atom stereocenters. The molecule has 1 atom stereocenters. The number of hydrogen-bond donors (Lipinski definition) is 1. The number of benzene rings is 1. The second kappa shape index (κ2) is 6.97. The van der Waals surface area contributed by atoms with Gasteiger partial charge in [0.15, 0.2) is 0 Å². The summed E-state index contributed by atoms with van der Waals surface area (Å²) in [6.45, 7) is 1.51. The molecule has 2 nitrogen and oxygen atoms in total. The lowest BCUT2D eigenvalue weighted by Crippen LogP contribution is -2.39. The van der Waals surface area contributed by atoms with Crippen LogP contribution in [0.5, 0.6) is 0 Å². The van der Waals surface area contributed by atoms with Gasteiger partial charge in [0.1, 0.15) is 0 Å². The highest BCUT2D eigenvalue weighted by Gasteiger charge is 2.32. The van der Waals surface area contributed by atoms with Gasteiger partial charge in [0.2, 0.25) is 0 Å². The Bertz CT molecular complexity index is 394. The molecule has 0 saturated heterocycles. The molecule has 2 rings (SSSR count). The molecule has 0 spiro atoms. The van der Waals surface area contributed by atoms with Crippen molar-refractivity contribution in [1.29, 1.82) is 0 Å². The molecule has 1 aromatic rings. The van der Waals surface area contributed by atoms with Crippen LogP contribution in [-0.2, 0) is 6.54 Å². The lowest BCUT2D eigenvalue weighted by molar-refractivity contribution is 0.215. The van der Waals surface area contributed by atoms with E-state index in [2.05, 4.69) is 11.9 Å².